The fourth-order valence-corrected chi connectivity index (χ4v) is 2.97. The van der Waals surface area contributed by atoms with Crippen LogP contribution >= 0.6 is 11.6 Å². The number of ether oxygens (including phenoxy) is 1. The van der Waals surface area contributed by atoms with Crippen LogP contribution in [0.25, 0.3) is 16.6 Å². The smallest absolute Gasteiger partial charge is 0.340 e. The van der Waals surface area contributed by atoms with E-state index < -0.39 is 5.97 Å². The van der Waals surface area contributed by atoms with Gasteiger partial charge in [0.25, 0.3) is 0 Å². The van der Waals surface area contributed by atoms with Crippen LogP contribution in [0.3, 0.4) is 0 Å². The van der Waals surface area contributed by atoms with E-state index in [0.29, 0.717) is 27.4 Å². The number of pyridine rings is 1. The first kappa shape index (κ1) is 16.3. The van der Waals surface area contributed by atoms with Crippen LogP contribution in [0.2, 0.25) is 5.02 Å². The molecule has 1 aromatic carbocycles. The van der Waals surface area contributed by atoms with Gasteiger partial charge < -0.3 is 9.14 Å². The average molecular weight is 342 g/mol. The minimum atomic E-state index is -0.447. The molecule has 0 saturated carbocycles. The maximum absolute atomic E-state index is 12.6. The number of carbonyl (C=O) groups excluding carboxylic acids is 2. The van der Waals surface area contributed by atoms with Crippen LogP contribution in [-0.2, 0) is 4.74 Å². The average Bonchev–Trinajstić information content (AvgIpc) is 2.92. The zero-order valence-electron chi connectivity index (χ0n) is 13.4. The Morgan fingerprint density at radius 1 is 1.29 bits per heavy atom. The maximum Gasteiger partial charge on any atom is 0.340 e. The van der Waals surface area contributed by atoms with Crippen molar-refractivity contribution in [2.75, 3.05) is 6.61 Å². The van der Waals surface area contributed by atoms with Crippen LogP contribution in [0.5, 0.6) is 0 Å². The number of rotatable bonds is 4. The second-order valence-electron chi connectivity index (χ2n) is 5.39. The number of hydrogen-bond donors (Lipinski definition) is 0. The molecule has 0 spiro atoms. The summed E-state index contributed by atoms with van der Waals surface area (Å²) in [5, 5.41) is 0.632. The minimum Gasteiger partial charge on any atom is -0.462 e. The van der Waals surface area contributed by atoms with Crippen molar-refractivity contribution in [2.45, 2.75) is 13.8 Å². The van der Waals surface area contributed by atoms with Crippen LogP contribution in [0, 0.1) is 6.92 Å². The van der Waals surface area contributed by atoms with Gasteiger partial charge in [-0.1, -0.05) is 23.7 Å². The van der Waals surface area contributed by atoms with Gasteiger partial charge in [0, 0.05) is 16.8 Å². The number of esters is 1. The third kappa shape index (κ3) is 2.59. The number of carbonyl (C=O) groups is 2. The van der Waals surface area contributed by atoms with Gasteiger partial charge in [0.15, 0.2) is 6.29 Å². The Morgan fingerprint density at radius 2 is 2.08 bits per heavy atom. The van der Waals surface area contributed by atoms with E-state index in [4.69, 9.17) is 16.3 Å². The summed E-state index contributed by atoms with van der Waals surface area (Å²) in [6.07, 6.45) is 2.52. The van der Waals surface area contributed by atoms with E-state index in [1.54, 1.807) is 35.7 Å². The third-order valence-corrected chi connectivity index (χ3v) is 4.34. The second kappa shape index (κ2) is 6.49. The summed E-state index contributed by atoms with van der Waals surface area (Å²) >= 11 is 6.11. The van der Waals surface area contributed by atoms with Gasteiger partial charge in [-0.15, -0.1) is 0 Å². The standard InChI is InChI=1S/C19H16ClNO3/c1-3-24-19(23)18-15-6-4-5-9-21(15)16(11-22)17(18)13-7-8-14(20)12(2)10-13/h4-11H,3H2,1-2H3. The van der Waals surface area contributed by atoms with Gasteiger partial charge in [0.05, 0.1) is 23.4 Å². The number of benzene rings is 1. The van der Waals surface area contributed by atoms with Gasteiger partial charge in [-0.05, 0) is 49.2 Å². The lowest BCUT2D eigenvalue weighted by Crippen LogP contribution is -2.06. The molecular formula is C19H16ClNO3. The molecule has 0 unspecified atom stereocenters. The van der Waals surface area contributed by atoms with Gasteiger partial charge >= 0.3 is 5.97 Å². The number of fused-ring (bicyclic) bond motifs is 1. The molecule has 0 aliphatic rings. The first-order valence-corrected chi connectivity index (χ1v) is 7.98. The molecule has 0 aliphatic carbocycles. The summed E-state index contributed by atoms with van der Waals surface area (Å²) in [6.45, 7) is 3.90. The predicted molar refractivity (Wildman–Crippen MR) is 93.9 cm³/mol. The molecular weight excluding hydrogens is 326 g/mol. The summed E-state index contributed by atoms with van der Waals surface area (Å²) in [6, 6.07) is 10.9. The zero-order chi connectivity index (χ0) is 17.3. The van der Waals surface area contributed by atoms with Crippen molar-refractivity contribution in [3.05, 3.63) is 64.4 Å². The molecule has 2 heterocycles. The number of halogens is 1. The summed E-state index contributed by atoms with van der Waals surface area (Å²) in [5.41, 5.74) is 3.63. The van der Waals surface area contributed by atoms with Crippen molar-refractivity contribution in [2.24, 2.45) is 0 Å². The number of nitrogens with zero attached hydrogens (tertiary/aromatic N) is 1. The summed E-state index contributed by atoms with van der Waals surface area (Å²) in [4.78, 5) is 24.3. The fourth-order valence-electron chi connectivity index (χ4n) is 2.85. The Balaban J connectivity index is 2.39. The molecule has 0 bridgehead atoms. The van der Waals surface area contributed by atoms with E-state index in [9.17, 15) is 9.59 Å². The third-order valence-electron chi connectivity index (χ3n) is 3.92. The van der Waals surface area contributed by atoms with E-state index in [1.165, 1.54) is 0 Å². The molecule has 0 N–H and O–H groups in total. The van der Waals surface area contributed by atoms with E-state index >= 15 is 0 Å². The van der Waals surface area contributed by atoms with Gasteiger partial charge in [-0.2, -0.15) is 0 Å². The van der Waals surface area contributed by atoms with Crippen LogP contribution < -0.4 is 0 Å². The van der Waals surface area contributed by atoms with Crippen molar-refractivity contribution in [3.63, 3.8) is 0 Å². The normalized spacial score (nSPS) is 10.8. The Morgan fingerprint density at radius 3 is 2.75 bits per heavy atom. The van der Waals surface area contributed by atoms with Gasteiger partial charge in [0.2, 0.25) is 0 Å². The van der Waals surface area contributed by atoms with E-state index in [2.05, 4.69) is 0 Å². The van der Waals surface area contributed by atoms with E-state index in [1.807, 2.05) is 25.1 Å². The first-order chi connectivity index (χ1) is 11.6. The SMILES string of the molecule is CCOC(=O)c1c(-c2ccc(Cl)c(C)c2)c(C=O)n2ccccc12. The Labute approximate surface area is 144 Å². The van der Waals surface area contributed by atoms with Crippen molar-refractivity contribution < 1.29 is 14.3 Å². The molecule has 3 aromatic rings. The number of aryl methyl sites for hydroxylation is 1. The minimum absolute atomic E-state index is 0.262. The molecule has 0 amide bonds. The molecule has 122 valence electrons. The monoisotopic (exact) mass is 341 g/mol. The Bertz CT molecular complexity index is 943. The quantitative estimate of drug-likeness (QED) is 0.516. The van der Waals surface area contributed by atoms with E-state index in [0.717, 1.165) is 17.4 Å². The second-order valence-corrected chi connectivity index (χ2v) is 5.80. The number of aromatic nitrogens is 1. The van der Waals surface area contributed by atoms with Crippen LogP contribution in [0.4, 0.5) is 0 Å². The van der Waals surface area contributed by atoms with E-state index in [-0.39, 0.29) is 6.61 Å². The number of hydrogen-bond acceptors (Lipinski definition) is 3. The van der Waals surface area contributed by atoms with Crippen molar-refractivity contribution >= 4 is 29.4 Å². The predicted octanol–water partition coefficient (Wildman–Crippen LogP) is 4.56. The molecule has 3 rings (SSSR count). The lowest BCUT2D eigenvalue weighted by Gasteiger charge is -2.07. The Kier molecular flexibility index (Phi) is 4.40. The summed E-state index contributed by atoms with van der Waals surface area (Å²) < 4.78 is 6.92. The highest BCUT2D eigenvalue weighted by Crippen LogP contribution is 2.34. The molecule has 5 heteroatoms. The van der Waals surface area contributed by atoms with Crippen LogP contribution in [0.15, 0.2) is 42.6 Å². The molecule has 0 saturated heterocycles. The molecule has 0 fully saturated rings. The fraction of sp³-hybridized carbons (Fsp3) is 0.158. The lowest BCUT2D eigenvalue weighted by atomic mass is 9.99. The molecule has 24 heavy (non-hydrogen) atoms. The molecule has 0 aliphatic heterocycles. The molecule has 2 aromatic heterocycles. The largest absolute Gasteiger partial charge is 0.462 e. The zero-order valence-corrected chi connectivity index (χ0v) is 14.1. The van der Waals surface area contributed by atoms with Crippen molar-refractivity contribution in [3.8, 4) is 11.1 Å². The highest BCUT2D eigenvalue weighted by atomic mass is 35.5. The molecule has 0 radical (unpaired) electrons. The van der Waals surface area contributed by atoms with Gasteiger partial charge in [-0.25, -0.2) is 4.79 Å². The topological polar surface area (TPSA) is 47.8 Å². The molecule has 4 nitrogen and oxygen atoms in total. The molecule has 0 atom stereocenters. The first-order valence-electron chi connectivity index (χ1n) is 7.60. The highest BCUT2D eigenvalue weighted by molar-refractivity contribution is 6.31. The lowest BCUT2D eigenvalue weighted by molar-refractivity contribution is 0.0529. The number of aldehydes is 1. The highest BCUT2D eigenvalue weighted by Gasteiger charge is 2.25. The maximum atomic E-state index is 12.6. The van der Waals surface area contributed by atoms with Gasteiger partial charge in [0.1, 0.15) is 0 Å². The van der Waals surface area contributed by atoms with Gasteiger partial charge in [-0.3, -0.25) is 4.79 Å². The van der Waals surface area contributed by atoms with Crippen LogP contribution in [0.1, 0.15) is 33.3 Å². The Hall–Kier alpha value is -2.59. The summed E-state index contributed by atoms with van der Waals surface area (Å²) in [7, 11) is 0. The van der Waals surface area contributed by atoms with Crippen molar-refractivity contribution in [1.82, 2.24) is 4.40 Å². The van der Waals surface area contributed by atoms with Crippen molar-refractivity contribution in [1.29, 1.82) is 0 Å². The summed E-state index contributed by atoms with van der Waals surface area (Å²) in [5.74, 6) is -0.447. The van der Waals surface area contributed by atoms with Crippen LogP contribution in [-0.4, -0.2) is 23.3 Å².